The largest absolute Gasteiger partial charge is 0.497 e. The van der Waals surface area contributed by atoms with Gasteiger partial charge in [0.1, 0.15) is 5.75 Å². The first-order valence-corrected chi connectivity index (χ1v) is 7.89. The van der Waals surface area contributed by atoms with Crippen LogP contribution in [0, 0.1) is 17.8 Å². The highest BCUT2D eigenvalue weighted by Crippen LogP contribution is 2.32. The lowest BCUT2D eigenvalue weighted by Crippen LogP contribution is -2.47. The fourth-order valence-corrected chi connectivity index (χ4v) is 3.24. The maximum Gasteiger partial charge on any atom is 0.118 e. The van der Waals surface area contributed by atoms with Crippen molar-refractivity contribution < 1.29 is 14.2 Å². The van der Waals surface area contributed by atoms with E-state index in [1.54, 1.807) is 7.11 Å². The van der Waals surface area contributed by atoms with Crippen molar-refractivity contribution in [2.24, 2.45) is 17.8 Å². The van der Waals surface area contributed by atoms with Crippen LogP contribution in [0.2, 0.25) is 0 Å². The molecule has 0 aromatic heterocycles. The quantitative estimate of drug-likeness (QED) is 0.823. The SMILES string of the molecule is COc1ccc(CO[C@H]2[C@@H](C)[C@@H](C(C)C)OC[C@H]2C)cc1. The summed E-state index contributed by atoms with van der Waals surface area (Å²) in [7, 11) is 1.68. The van der Waals surface area contributed by atoms with E-state index in [9.17, 15) is 0 Å². The topological polar surface area (TPSA) is 27.7 Å². The first-order valence-electron chi connectivity index (χ1n) is 7.89. The summed E-state index contributed by atoms with van der Waals surface area (Å²) in [6.07, 6.45) is 0.551. The van der Waals surface area contributed by atoms with Crippen molar-refractivity contribution in [3.8, 4) is 5.75 Å². The Labute approximate surface area is 128 Å². The summed E-state index contributed by atoms with van der Waals surface area (Å²) in [5, 5.41) is 0. The number of benzene rings is 1. The Morgan fingerprint density at radius 2 is 1.86 bits per heavy atom. The Morgan fingerprint density at radius 1 is 1.19 bits per heavy atom. The van der Waals surface area contributed by atoms with Gasteiger partial charge in [-0.3, -0.25) is 0 Å². The summed E-state index contributed by atoms with van der Waals surface area (Å²) in [6, 6.07) is 8.08. The number of rotatable bonds is 5. The van der Waals surface area contributed by atoms with Crippen molar-refractivity contribution in [3.05, 3.63) is 29.8 Å². The molecule has 1 aliphatic rings. The molecule has 3 nitrogen and oxygen atoms in total. The third kappa shape index (κ3) is 3.98. The van der Waals surface area contributed by atoms with Gasteiger partial charge in [0.15, 0.2) is 0 Å². The zero-order valence-electron chi connectivity index (χ0n) is 13.8. The van der Waals surface area contributed by atoms with Gasteiger partial charge in [-0.2, -0.15) is 0 Å². The molecule has 0 unspecified atom stereocenters. The minimum atomic E-state index is 0.258. The Balaban J connectivity index is 1.96. The number of methoxy groups -OCH3 is 1. The summed E-state index contributed by atoms with van der Waals surface area (Å²) in [6.45, 7) is 10.3. The van der Waals surface area contributed by atoms with Gasteiger partial charge in [-0.05, 0) is 23.6 Å². The summed E-state index contributed by atoms with van der Waals surface area (Å²) in [5.74, 6) is 2.27. The number of hydrogen-bond acceptors (Lipinski definition) is 3. The average molecular weight is 292 g/mol. The maximum absolute atomic E-state index is 6.23. The summed E-state index contributed by atoms with van der Waals surface area (Å²) in [5.41, 5.74) is 1.18. The molecule has 1 saturated heterocycles. The van der Waals surface area contributed by atoms with Crippen LogP contribution in [0.4, 0.5) is 0 Å². The highest BCUT2D eigenvalue weighted by atomic mass is 16.5. The molecule has 118 valence electrons. The van der Waals surface area contributed by atoms with Crippen LogP contribution >= 0.6 is 0 Å². The Morgan fingerprint density at radius 3 is 2.43 bits per heavy atom. The highest BCUT2D eigenvalue weighted by Gasteiger charge is 2.37. The van der Waals surface area contributed by atoms with E-state index >= 15 is 0 Å². The molecular weight excluding hydrogens is 264 g/mol. The summed E-state index contributed by atoms with van der Waals surface area (Å²) in [4.78, 5) is 0. The first kappa shape index (κ1) is 16.3. The lowest BCUT2D eigenvalue weighted by atomic mass is 9.82. The second kappa shape index (κ2) is 7.28. The van der Waals surface area contributed by atoms with E-state index in [1.165, 1.54) is 5.56 Å². The normalized spacial score (nSPS) is 29.6. The van der Waals surface area contributed by atoms with Crippen LogP contribution in [0.1, 0.15) is 33.3 Å². The van der Waals surface area contributed by atoms with Gasteiger partial charge in [0.25, 0.3) is 0 Å². The van der Waals surface area contributed by atoms with Crippen molar-refractivity contribution in [2.45, 2.75) is 46.5 Å². The molecule has 1 fully saturated rings. The van der Waals surface area contributed by atoms with Crippen LogP contribution in [0.5, 0.6) is 5.75 Å². The van der Waals surface area contributed by atoms with Crippen molar-refractivity contribution in [1.82, 2.24) is 0 Å². The van der Waals surface area contributed by atoms with E-state index in [2.05, 4.69) is 39.8 Å². The molecule has 0 N–H and O–H groups in total. The minimum Gasteiger partial charge on any atom is -0.497 e. The van der Waals surface area contributed by atoms with E-state index < -0.39 is 0 Å². The van der Waals surface area contributed by atoms with Gasteiger partial charge in [-0.15, -0.1) is 0 Å². The monoisotopic (exact) mass is 292 g/mol. The molecule has 1 aromatic carbocycles. The smallest absolute Gasteiger partial charge is 0.118 e. The third-order valence-electron chi connectivity index (χ3n) is 4.41. The van der Waals surface area contributed by atoms with E-state index in [1.807, 2.05) is 12.1 Å². The average Bonchev–Trinajstić information content (AvgIpc) is 2.47. The van der Waals surface area contributed by atoms with Crippen molar-refractivity contribution in [3.63, 3.8) is 0 Å². The Hall–Kier alpha value is -1.06. The summed E-state index contributed by atoms with van der Waals surface area (Å²) < 4.78 is 17.4. The van der Waals surface area contributed by atoms with Gasteiger partial charge < -0.3 is 14.2 Å². The van der Waals surface area contributed by atoms with Gasteiger partial charge >= 0.3 is 0 Å². The molecule has 3 heteroatoms. The van der Waals surface area contributed by atoms with E-state index in [0.717, 1.165) is 12.4 Å². The highest BCUT2D eigenvalue weighted by molar-refractivity contribution is 5.26. The molecule has 1 aliphatic heterocycles. The number of hydrogen-bond donors (Lipinski definition) is 0. The molecule has 21 heavy (non-hydrogen) atoms. The predicted octanol–water partition coefficient (Wildman–Crippen LogP) is 3.91. The predicted molar refractivity (Wildman–Crippen MR) is 84.5 cm³/mol. The fraction of sp³-hybridized carbons (Fsp3) is 0.667. The van der Waals surface area contributed by atoms with E-state index in [0.29, 0.717) is 30.5 Å². The lowest BCUT2D eigenvalue weighted by Gasteiger charge is -2.41. The van der Waals surface area contributed by atoms with Crippen LogP contribution in [-0.4, -0.2) is 25.9 Å². The van der Waals surface area contributed by atoms with Crippen molar-refractivity contribution in [1.29, 1.82) is 0 Å². The second-order valence-corrected chi connectivity index (χ2v) is 6.50. The standard InChI is InChI=1S/C18H28O3/c1-12(2)17-14(4)18(13(3)10-20-17)21-11-15-6-8-16(19-5)9-7-15/h6-9,12-14,17-18H,10-11H2,1-5H3/t13-,14+,17-,18-/m1/s1. The zero-order chi connectivity index (χ0) is 15.4. The van der Waals surface area contributed by atoms with Gasteiger partial charge in [0.05, 0.1) is 32.5 Å². The number of ether oxygens (including phenoxy) is 3. The molecule has 0 bridgehead atoms. The van der Waals surface area contributed by atoms with Crippen LogP contribution in [0.15, 0.2) is 24.3 Å². The molecular formula is C18H28O3. The molecule has 0 saturated carbocycles. The van der Waals surface area contributed by atoms with Gasteiger partial charge in [0, 0.05) is 11.8 Å². The molecule has 0 spiro atoms. The lowest BCUT2D eigenvalue weighted by molar-refractivity contribution is -0.158. The fourth-order valence-electron chi connectivity index (χ4n) is 3.24. The Kier molecular flexibility index (Phi) is 5.65. The molecule has 4 atom stereocenters. The molecule has 2 rings (SSSR count). The van der Waals surface area contributed by atoms with E-state index in [4.69, 9.17) is 14.2 Å². The van der Waals surface area contributed by atoms with Crippen LogP contribution in [0.25, 0.3) is 0 Å². The van der Waals surface area contributed by atoms with Crippen LogP contribution < -0.4 is 4.74 Å². The van der Waals surface area contributed by atoms with Crippen molar-refractivity contribution in [2.75, 3.05) is 13.7 Å². The molecule has 0 aliphatic carbocycles. The van der Waals surface area contributed by atoms with Crippen molar-refractivity contribution >= 4 is 0 Å². The summed E-state index contributed by atoms with van der Waals surface area (Å²) >= 11 is 0. The molecule has 1 aromatic rings. The molecule has 0 radical (unpaired) electrons. The third-order valence-corrected chi connectivity index (χ3v) is 4.41. The Bertz CT molecular complexity index is 427. The molecule has 0 amide bonds. The van der Waals surface area contributed by atoms with Crippen LogP contribution in [-0.2, 0) is 16.1 Å². The second-order valence-electron chi connectivity index (χ2n) is 6.50. The van der Waals surface area contributed by atoms with Gasteiger partial charge in [-0.25, -0.2) is 0 Å². The zero-order valence-corrected chi connectivity index (χ0v) is 13.8. The minimum absolute atomic E-state index is 0.258. The van der Waals surface area contributed by atoms with Gasteiger partial charge in [-0.1, -0.05) is 39.8 Å². The van der Waals surface area contributed by atoms with Crippen LogP contribution in [0.3, 0.4) is 0 Å². The first-order chi connectivity index (χ1) is 10.0. The maximum atomic E-state index is 6.23. The van der Waals surface area contributed by atoms with E-state index in [-0.39, 0.29) is 6.10 Å². The molecule has 1 heterocycles. The van der Waals surface area contributed by atoms with Gasteiger partial charge in [0.2, 0.25) is 0 Å².